The fourth-order valence-corrected chi connectivity index (χ4v) is 3.30. The molecule has 0 aliphatic heterocycles. The van der Waals surface area contributed by atoms with Crippen molar-refractivity contribution in [2.75, 3.05) is 14.2 Å². The van der Waals surface area contributed by atoms with E-state index in [2.05, 4.69) is 0 Å². The predicted octanol–water partition coefficient (Wildman–Crippen LogP) is 4.79. The van der Waals surface area contributed by atoms with E-state index in [9.17, 15) is 9.59 Å². The minimum absolute atomic E-state index is 0.0904. The monoisotopic (exact) mass is 389 g/mol. The van der Waals surface area contributed by atoms with Crippen LogP contribution < -0.4 is 4.74 Å². The zero-order chi connectivity index (χ0) is 21.0. The quantitative estimate of drug-likeness (QED) is 0.346. The molecule has 0 saturated carbocycles. The van der Waals surface area contributed by atoms with Gasteiger partial charge >= 0.3 is 5.97 Å². The number of carbonyl (C=O) groups is 2. The molecule has 0 amide bonds. The first-order chi connectivity index (χ1) is 14.0. The zero-order valence-electron chi connectivity index (χ0n) is 16.9. The first-order valence-electron chi connectivity index (χ1n) is 9.19. The summed E-state index contributed by atoms with van der Waals surface area (Å²) in [6, 6.07) is 16.3. The molecule has 0 N–H and O–H groups in total. The van der Waals surface area contributed by atoms with Crippen LogP contribution in [-0.4, -0.2) is 30.5 Å². The van der Waals surface area contributed by atoms with E-state index in [1.807, 2.05) is 36.6 Å². The standard InChI is InChI=1S/C24H23NO4/c1-16-15-19(11-14-23(26)18-9-12-20(28-3)13-10-18)17(2)25(16)22-8-6-5-7-21(22)24(27)29-4/h5-15H,1-4H3/b14-11+. The van der Waals surface area contributed by atoms with E-state index >= 15 is 0 Å². The minimum Gasteiger partial charge on any atom is -0.497 e. The molecular weight excluding hydrogens is 366 g/mol. The molecule has 1 aromatic heterocycles. The average molecular weight is 389 g/mol. The van der Waals surface area contributed by atoms with E-state index < -0.39 is 0 Å². The number of carbonyl (C=O) groups excluding carboxylic acids is 2. The van der Waals surface area contributed by atoms with Crippen molar-refractivity contribution in [2.24, 2.45) is 0 Å². The summed E-state index contributed by atoms with van der Waals surface area (Å²) in [7, 11) is 2.96. The summed E-state index contributed by atoms with van der Waals surface area (Å²) in [6.07, 6.45) is 3.35. The number of para-hydroxylation sites is 1. The SMILES string of the molecule is COC(=O)c1ccccc1-n1c(C)cc(/C=C/C(=O)c2ccc(OC)cc2)c1C. The average Bonchev–Trinajstić information content (AvgIpc) is 3.04. The van der Waals surface area contributed by atoms with Gasteiger partial charge in [0.1, 0.15) is 5.75 Å². The number of allylic oxidation sites excluding steroid dienone is 1. The van der Waals surface area contributed by atoms with E-state index in [-0.39, 0.29) is 11.8 Å². The number of methoxy groups -OCH3 is 2. The van der Waals surface area contributed by atoms with Gasteiger partial charge in [-0.2, -0.15) is 0 Å². The molecule has 3 rings (SSSR count). The summed E-state index contributed by atoms with van der Waals surface area (Å²) in [6.45, 7) is 3.92. The molecule has 29 heavy (non-hydrogen) atoms. The second-order valence-electron chi connectivity index (χ2n) is 6.60. The van der Waals surface area contributed by atoms with Gasteiger partial charge in [0.05, 0.1) is 25.5 Å². The van der Waals surface area contributed by atoms with E-state index in [0.29, 0.717) is 16.9 Å². The van der Waals surface area contributed by atoms with Crippen LogP contribution in [0.25, 0.3) is 11.8 Å². The minimum atomic E-state index is -0.389. The third-order valence-electron chi connectivity index (χ3n) is 4.81. The normalized spacial score (nSPS) is 10.9. The van der Waals surface area contributed by atoms with Crippen LogP contribution in [0.5, 0.6) is 5.75 Å². The highest BCUT2D eigenvalue weighted by molar-refractivity contribution is 6.07. The van der Waals surface area contributed by atoms with E-state index in [0.717, 1.165) is 22.6 Å². The number of ether oxygens (including phenoxy) is 2. The van der Waals surface area contributed by atoms with Crippen molar-refractivity contribution in [1.82, 2.24) is 4.57 Å². The highest BCUT2D eigenvalue weighted by Crippen LogP contribution is 2.25. The van der Waals surface area contributed by atoms with Crippen molar-refractivity contribution in [3.8, 4) is 11.4 Å². The Morgan fingerprint density at radius 1 is 0.966 bits per heavy atom. The molecule has 3 aromatic rings. The molecule has 2 aromatic carbocycles. The van der Waals surface area contributed by atoms with Gasteiger partial charge in [-0.25, -0.2) is 4.79 Å². The molecule has 0 spiro atoms. The van der Waals surface area contributed by atoms with Crippen LogP contribution in [0.1, 0.15) is 37.7 Å². The van der Waals surface area contributed by atoms with Crippen molar-refractivity contribution >= 4 is 17.8 Å². The fraction of sp³-hybridized carbons (Fsp3) is 0.167. The lowest BCUT2D eigenvalue weighted by Gasteiger charge is -2.13. The molecule has 0 bridgehead atoms. The second-order valence-corrected chi connectivity index (χ2v) is 6.60. The number of aryl methyl sites for hydroxylation is 1. The number of aromatic nitrogens is 1. The highest BCUT2D eigenvalue weighted by Gasteiger charge is 2.16. The van der Waals surface area contributed by atoms with Crippen LogP contribution in [0, 0.1) is 13.8 Å². The number of benzene rings is 2. The largest absolute Gasteiger partial charge is 0.497 e. The van der Waals surface area contributed by atoms with Crippen molar-refractivity contribution in [3.63, 3.8) is 0 Å². The van der Waals surface area contributed by atoms with Gasteiger partial charge in [-0.15, -0.1) is 0 Å². The predicted molar refractivity (Wildman–Crippen MR) is 113 cm³/mol. The Hall–Kier alpha value is -3.60. The lowest BCUT2D eigenvalue weighted by Crippen LogP contribution is -2.09. The smallest absolute Gasteiger partial charge is 0.339 e. The Balaban J connectivity index is 1.93. The Morgan fingerprint density at radius 3 is 2.31 bits per heavy atom. The summed E-state index contributed by atoms with van der Waals surface area (Å²) in [5.41, 5.74) is 4.61. The van der Waals surface area contributed by atoms with Gasteiger partial charge in [-0.3, -0.25) is 4.79 Å². The number of rotatable bonds is 6. The highest BCUT2D eigenvalue weighted by atomic mass is 16.5. The van der Waals surface area contributed by atoms with E-state index in [1.165, 1.54) is 7.11 Å². The molecule has 5 heteroatoms. The molecule has 0 aliphatic rings. The number of hydrogen-bond acceptors (Lipinski definition) is 4. The van der Waals surface area contributed by atoms with Crippen LogP contribution in [0.3, 0.4) is 0 Å². The summed E-state index contributed by atoms with van der Waals surface area (Å²) in [5.74, 6) is 0.227. The van der Waals surface area contributed by atoms with Gasteiger partial charge in [0.25, 0.3) is 0 Å². The van der Waals surface area contributed by atoms with E-state index in [4.69, 9.17) is 9.47 Å². The van der Waals surface area contributed by atoms with Gasteiger partial charge in [-0.05, 0) is 74.0 Å². The summed E-state index contributed by atoms with van der Waals surface area (Å²) >= 11 is 0. The van der Waals surface area contributed by atoms with Gasteiger partial charge in [0.2, 0.25) is 0 Å². The third kappa shape index (κ3) is 4.14. The van der Waals surface area contributed by atoms with Crippen molar-refractivity contribution < 1.29 is 19.1 Å². The molecule has 0 unspecified atom stereocenters. The second kappa shape index (κ2) is 8.61. The first-order valence-corrected chi connectivity index (χ1v) is 9.19. The summed E-state index contributed by atoms with van der Waals surface area (Å²) in [4.78, 5) is 24.6. The van der Waals surface area contributed by atoms with Crippen LogP contribution in [0.15, 0.2) is 60.7 Å². The summed E-state index contributed by atoms with van der Waals surface area (Å²) in [5, 5.41) is 0. The number of ketones is 1. The van der Waals surface area contributed by atoms with Crippen molar-refractivity contribution in [1.29, 1.82) is 0 Å². The number of esters is 1. The third-order valence-corrected chi connectivity index (χ3v) is 4.81. The molecule has 1 heterocycles. The Kier molecular flexibility index (Phi) is 5.98. The maximum atomic E-state index is 12.5. The Morgan fingerprint density at radius 2 is 1.66 bits per heavy atom. The topological polar surface area (TPSA) is 57.5 Å². The van der Waals surface area contributed by atoms with Gasteiger partial charge in [0, 0.05) is 17.0 Å². The maximum absolute atomic E-state index is 12.5. The molecule has 0 aliphatic carbocycles. The number of hydrogen-bond donors (Lipinski definition) is 0. The molecule has 0 fully saturated rings. The van der Waals surface area contributed by atoms with Gasteiger partial charge in [-0.1, -0.05) is 12.1 Å². The lowest BCUT2D eigenvalue weighted by molar-refractivity contribution is 0.0600. The Labute approximate surface area is 170 Å². The van der Waals surface area contributed by atoms with Crippen molar-refractivity contribution in [2.45, 2.75) is 13.8 Å². The van der Waals surface area contributed by atoms with Crippen LogP contribution in [-0.2, 0) is 4.74 Å². The van der Waals surface area contributed by atoms with E-state index in [1.54, 1.807) is 55.7 Å². The van der Waals surface area contributed by atoms with Crippen LogP contribution >= 0.6 is 0 Å². The lowest BCUT2D eigenvalue weighted by atomic mass is 10.1. The molecular formula is C24H23NO4. The molecule has 148 valence electrons. The molecule has 0 radical (unpaired) electrons. The molecule has 5 nitrogen and oxygen atoms in total. The molecule has 0 saturated heterocycles. The van der Waals surface area contributed by atoms with Crippen molar-refractivity contribution in [3.05, 3.63) is 88.8 Å². The molecule has 0 atom stereocenters. The van der Waals surface area contributed by atoms with Crippen LogP contribution in [0.4, 0.5) is 0 Å². The fourth-order valence-electron chi connectivity index (χ4n) is 3.30. The first kappa shape index (κ1) is 20.1. The van der Waals surface area contributed by atoms with Crippen LogP contribution in [0.2, 0.25) is 0 Å². The van der Waals surface area contributed by atoms with Gasteiger partial charge < -0.3 is 14.0 Å². The van der Waals surface area contributed by atoms with Gasteiger partial charge in [0.15, 0.2) is 5.78 Å². The Bertz CT molecular complexity index is 1070. The zero-order valence-corrected chi connectivity index (χ0v) is 16.9. The summed E-state index contributed by atoms with van der Waals surface area (Å²) < 4.78 is 12.0. The maximum Gasteiger partial charge on any atom is 0.339 e. The number of nitrogens with zero attached hydrogens (tertiary/aromatic N) is 1.